The molecule has 2 nitrogen and oxygen atoms in total. The van der Waals surface area contributed by atoms with Crippen LogP contribution in [0.2, 0.25) is 5.15 Å². The Morgan fingerprint density at radius 3 is 3.00 bits per heavy atom. The van der Waals surface area contributed by atoms with E-state index in [-0.39, 0.29) is 5.41 Å². The summed E-state index contributed by atoms with van der Waals surface area (Å²) >= 11 is 8.38. The Bertz CT molecular complexity index is 447. The lowest BCUT2D eigenvalue weighted by atomic mass is 9.74. The average molecular weight is 350 g/mol. The van der Waals surface area contributed by atoms with Crippen LogP contribution in [0.15, 0.2) is 6.07 Å². The van der Waals surface area contributed by atoms with Crippen LogP contribution in [0.5, 0.6) is 5.75 Å². The van der Waals surface area contributed by atoms with Gasteiger partial charge in [-0.25, -0.2) is 4.98 Å². The molecule has 0 radical (unpaired) electrons. The van der Waals surface area contributed by atoms with Gasteiger partial charge in [-0.2, -0.15) is 0 Å². The number of fused-ring (bicyclic) bond motifs is 1. The van der Waals surface area contributed by atoms with E-state index in [0.717, 1.165) is 28.4 Å². The lowest BCUT2D eigenvalue weighted by Crippen LogP contribution is -2.32. The van der Waals surface area contributed by atoms with Crippen molar-refractivity contribution in [2.45, 2.75) is 31.6 Å². The van der Waals surface area contributed by atoms with E-state index in [1.54, 1.807) is 0 Å². The van der Waals surface area contributed by atoms with Gasteiger partial charge < -0.3 is 4.74 Å². The molecule has 1 aliphatic carbocycles. The van der Waals surface area contributed by atoms with Crippen LogP contribution in [0.4, 0.5) is 0 Å². The van der Waals surface area contributed by atoms with E-state index in [9.17, 15) is 0 Å². The van der Waals surface area contributed by atoms with Crippen LogP contribution < -0.4 is 4.74 Å². The van der Waals surface area contributed by atoms with Gasteiger partial charge in [0.05, 0.1) is 6.61 Å². The summed E-state index contributed by atoms with van der Waals surface area (Å²) in [5, 5.41) is 0.522. The fourth-order valence-corrected chi connectivity index (χ4v) is 3.62. The third-order valence-electron chi connectivity index (χ3n) is 3.86. The first-order chi connectivity index (χ1) is 7.61. The highest BCUT2D eigenvalue weighted by molar-refractivity contribution is 14.1. The maximum Gasteiger partial charge on any atom is 0.172 e. The molecule has 0 spiro atoms. The highest BCUT2D eigenvalue weighted by Gasteiger charge is 2.46. The van der Waals surface area contributed by atoms with Crippen molar-refractivity contribution in [3.63, 3.8) is 0 Å². The highest BCUT2D eigenvalue weighted by Crippen LogP contribution is 2.54. The number of halogens is 2. The number of hydrogen-bond acceptors (Lipinski definition) is 2. The minimum Gasteiger partial charge on any atom is -0.490 e. The zero-order valence-corrected chi connectivity index (χ0v) is 12.0. The summed E-state index contributed by atoms with van der Waals surface area (Å²) in [6.45, 7) is 3.11. The van der Waals surface area contributed by atoms with E-state index in [1.807, 2.05) is 0 Å². The van der Waals surface area contributed by atoms with Gasteiger partial charge in [0.15, 0.2) is 10.9 Å². The number of pyridine rings is 1. The summed E-state index contributed by atoms with van der Waals surface area (Å²) in [6, 6.07) is 2.14. The molecular formula is C12H13ClINO. The number of hydrogen-bond donors (Lipinski definition) is 0. The molecule has 1 saturated carbocycles. The van der Waals surface area contributed by atoms with Crippen molar-refractivity contribution in [1.82, 2.24) is 4.98 Å². The average Bonchev–Trinajstić information content (AvgIpc) is 3.03. The molecule has 1 atom stereocenters. The van der Waals surface area contributed by atoms with Crippen LogP contribution in [-0.4, -0.2) is 11.6 Å². The zero-order valence-electron chi connectivity index (χ0n) is 9.09. The maximum atomic E-state index is 6.16. The minimum atomic E-state index is 0.250. The smallest absolute Gasteiger partial charge is 0.172 e. The summed E-state index contributed by atoms with van der Waals surface area (Å²) in [7, 11) is 0. The summed E-state index contributed by atoms with van der Waals surface area (Å²) < 4.78 is 6.64. The Labute approximate surface area is 114 Å². The fourth-order valence-electron chi connectivity index (χ4n) is 2.68. The summed E-state index contributed by atoms with van der Waals surface area (Å²) in [5.74, 6) is 1.63. The van der Waals surface area contributed by atoms with E-state index < -0.39 is 0 Å². The van der Waals surface area contributed by atoms with Crippen LogP contribution in [0.25, 0.3) is 0 Å². The Hall–Kier alpha value is -0.0300. The minimum absolute atomic E-state index is 0.250. The van der Waals surface area contributed by atoms with E-state index >= 15 is 0 Å². The second-order valence-electron chi connectivity index (χ2n) is 4.90. The van der Waals surface area contributed by atoms with Crippen molar-refractivity contribution in [3.05, 3.63) is 20.5 Å². The van der Waals surface area contributed by atoms with Crippen molar-refractivity contribution in [2.24, 2.45) is 5.92 Å². The molecule has 0 bridgehead atoms. The van der Waals surface area contributed by atoms with Crippen LogP contribution in [0.1, 0.15) is 31.7 Å². The van der Waals surface area contributed by atoms with Crippen molar-refractivity contribution in [2.75, 3.05) is 6.61 Å². The second kappa shape index (κ2) is 3.73. The van der Waals surface area contributed by atoms with Gasteiger partial charge >= 0.3 is 0 Å². The van der Waals surface area contributed by atoms with Gasteiger partial charge in [-0.05, 0) is 53.8 Å². The second-order valence-corrected chi connectivity index (χ2v) is 6.37. The SMILES string of the molecule is CC1(C2CC2)CCOc2c1cc(I)nc2Cl. The van der Waals surface area contributed by atoms with Gasteiger partial charge in [0.1, 0.15) is 3.70 Å². The first-order valence-electron chi connectivity index (χ1n) is 5.60. The molecule has 1 aromatic rings. The molecule has 2 aliphatic rings. The van der Waals surface area contributed by atoms with Crippen molar-refractivity contribution >= 4 is 34.2 Å². The van der Waals surface area contributed by atoms with Gasteiger partial charge in [0.2, 0.25) is 0 Å². The maximum absolute atomic E-state index is 6.16. The quantitative estimate of drug-likeness (QED) is 0.568. The third-order valence-corrected chi connectivity index (χ3v) is 4.67. The molecule has 0 amide bonds. The van der Waals surface area contributed by atoms with Crippen LogP contribution in [-0.2, 0) is 5.41 Å². The van der Waals surface area contributed by atoms with E-state index in [2.05, 4.69) is 40.6 Å². The first-order valence-corrected chi connectivity index (χ1v) is 7.06. The standard InChI is InChI=1S/C12H13ClINO/c1-12(7-2-3-7)4-5-16-10-8(12)6-9(14)15-11(10)13/h6-7H,2-5H2,1H3. The molecule has 1 aliphatic heterocycles. The topological polar surface area (TPSA) is 22.1 Å². The molecule has 0 N–H and O–H groups in total. The zero-order chi connectivity index (χ0) is 11.3. The van der Waals surface area contributed by atoms with Gasteiger partial charge in [0.25, 0.3) is 0 Å². The predicted octanol–water partition coefficient (Wildman–Crippen LogP) is 3.79. The lowest BCUT2D eigenvalue weighted by Gasteiger charge is -2.36. The monoisotopic (exact) mass is 349 g/mol. The largest absolute Gasteiger partial charge is 0.490 e. The fraction of sp³-hybridized carbons (Fsp3) is 0.583. The van der Waals surface area contributed by atoms with E-state index in [4.69, 9.17) is 16.3 Å². The van der Waals surface area contributed by atoms with Crippen LogP contribution in [0.3, 0.4) is 0 Å². The molecule has 4 heteroatoms. The summed E-state index contributed by atoms with van der Waals surface area (Å²) in [4.78, 5) is 4.26. The molecule has 0 saturated heterocycles. The lowest BCUT2D eigenvalue weighted by molar-refractivity contribution is 0.207. The molecule has 1 aromatic heterocycles. The first kappa shape index (κ1) is 11.1. The van der Waals surface area contributed by atoms with Crippen LogP contribution >= 0.6 is 34.2 Å². The Kier molecular flexibility index (Phi) is 2.59. The van der Waals surface area contributed by atoms with Gasteiger partial charge in [-0.1, -0.05) is 18.5 Å². The Morgan fingerprint density at radius 2 is 2.31 bits per heavy atom. The third kappa shape index (κ3) is 1.63. The molecule has 1 unspecified atom stereocenters. The normalized spacial score (nSPS) is 28.4. The van der Waals surface area contributed by atoms with Gasteiger partial charge in [-0.15, -0.1) is 0 Å². The molecule has 86 valence electrons. The highest BCUT2D eigenvalue weighted by atomic mass is 127. The van der Waals surface area contributed by atoms with Crippen molar-refractivity contribution < 1.29 is 4.74 Å². The Morgan fingerprint density at radius 1 is 1.56 bits per heavy atom. The van der Waals surface area contributed by atoms with Crippen molar-refractivity contribution in [3.8, 4) is 5.75 Å². The molecule has 2 heterocycles. The molecule has 3 rings (SSSR count). The summed E-state index contributed by atoms with van der Waals surface area (Å²) in [6.07, 6.45) is 3.78. The van der Waals surface area contributed by atoms with Crippen LogP contribution in [0, 0.1) is 9.62 Å². The predicted molar refractivity (Wildman–Crippen MR) is 72.2 cm³/mol. The van der Waals surface area contributed by atoms with Gasteiger partial charge in [0, 0.05) is 11.0 Å². The number of rotatable bonds is 1. The molecular weight excluding hydrogens is 336 g/mol. The number of nitrogens with zero attached hydrogens (tertiary/aromatic N) is 1. The Balaban J connectivity index is 2.17. The summed E-state index contributed by atoms with van der Waals surface area (Å²) in [5.41, 5.74) is 1.52. The van der Waals surface area contributed by atoms with E-state index in [1.165, 1.54) is 18.4 Å². The number of ether oxygens (including phenoxy) is 1. The van der Waals surface area contributed by atoms with Crippen molar-refractivity contribution in [1.29, 1.82) is 0 Å². The number of aromatic nitrogens is 1. The van der Waals surface area contributed by atoms with E-state index in [0.29, 0.717) is 5.15 Å². The molecule has 1 fully saturated rings. The van der Waals surface area contributed by atoms with Gasteiger partial charge in [-0.3, -0.25) is 0 Å². The molecule has 16 heavy (non-hydrogen) atoms. The molecule has 0 aromatic carbocycles.